The molecule has 0 radical (unpaired) electrons. The van der Waals surface area contributed by atoms with Gasteiger partial charge in [-0.25, -0.2) is 0 Å². The number of oxime groups is 1. The summed E-state index contributed by atoms with van der Waals surface area (Å²) in [5.41, 5.74) is 5.36. The Morgan fingerprint density at radius 2 is 2.20 bits per heavy atom. The molecule has 0 aliphatic heterocycles. The van der Waals surface area contributed by atoms with E-state index in [1.807, 2.05) is 0 Å². The Balaban J connectivity index is 2.21. The van der Waals surface area contributed by atoms with Crippen LogP contribution in [-0.4, -0.2) is 24.1 Å². The first-order valence-electron chi connectivity index (χ1n) is 6.16. The highest BCUT2D eigenvalue weighted by Gasteiger charge is 2.48. The number of hydrogen-bond donors (Lipinski definition) is 3. The topological polar surface area (TPSA) is 96.9 Å². The summed E-state index contributed by atoms with van der Waals surface area (Å²) in [5, 5.41) is 14.6. The first-order valence-corrected chi connectivity index (χ1v) is 6.95. The molecule has 6 nitrogen and oxygen atoms in total. The number of carbonyl (C=O) groups excluding carboxylic acids is 1. The molecule has 1 aliphatic rings. The predicted molar refractivity (Wildman–Crippen MR) is 79.0 cm³/mol. The number of rotatable bonds is 4. The molecular weight excluding hydrogens is 326 g/mol. The van der Waals surface area contributed by atoms with Gasteiger partial charge in [-0.1, -0.05) is 27.5 Å². The minimum atomic E-state index is -0.899. The average molecular weight is 342 g/mol. The lowest BCUT2D eigenvalue weighted by atomic mass is 9.67. The SMILES string of the molecule is COc1cc(Br)cc(NC(=O)C2(/C(N)=N/O)CCC2)c1. The first kappa shape index (κ1) is 14.6. The van der Waals surface area contributed by atoms with Crippen LogP contribution in [0.3, 0.4) is 0 Å². The number of nitrogens with two attached hydrogens (primary N) is 1. The van der Waals surface area contributed by atoms with Crippen molar-refractivity contribution in [2.45, 2.75) is 19.3 Å². The van der Waals surface area contributed by atoms with Gasteiger partial charge in [0.2, 0.25) is 5.91 Å². The van der Waals surface area contributed by atoms with E-state index < -0.39 is 5.41 Å². The van der Waals surface area contributed by atoms with Crippen molar-refractivity contribution in [1.29, 1.82) is 0 Å². The van der Waals surface area contributed by atoms with Crippen molar-refractivity contribution in [3.8, 4) is 5.75 Å². The van der Waals surface area contributed by atoms with E-state index in [1.54, 1.807) is 25.3 Å². The number of ether oxygens (including phenoxy) is 1. The van der Waals surface area contributed by atoms with Gasteiger partial charge in [-0.3, -0.25) is 4.79 Å². The van der Waals surface area contributed by atoms with E-state index in [-0.39, 0.29) is 11.7 Å². The van der Waals surface area contributed by atoms with E-state index in [0.717, 1.165) is 10.9 Å². The van der Waals surface area contributed by atoms with E-state index >= 15 is 0 Å². The van der Waals surface area contributed by atoms with Crippen LogP contribution >= 0.6 is 15.9 Å². The van der Waals surface area contributed by atoms with Gasteiger partial charge >= 0.3 is 0 Å². The second kappa shape index (κ2) is 5.70. The maximum atomic E-state index is 12.4. The molecule has 1 aliphatic carbocycles. The summed E-state index contributed by atoms with van der Waals surface area (Å²) >= 11 is 3.35. The van der Waals surface area contributed by atoms with Gasteiger partial charge in [0.15, 0.2) is 5.84 Å². The van der Waals surface area contributed by atoms with Crippen LogP contribution in [0.5, 0.6) is 5.75 Å². The van der Waals surface area contributed by atoms with Crippen LogP contribution in [0.1, 0.15) is 19.3 Å². The Labute approximate surface area is 125 Å². The summed E-state index contributed by atoms with van der Waals surface area (Å²) < 4.78 is 5.93. The van der Waals surface area contributed by atoms with Crippen molar-refractivity contribution in [3.63, 3.8) is 0 Å². The van der Waals surface area contributed by atoms with E-state index in [2.05, 4.69) is 26.4 Å². The van der Waals surface area contributed by atoms with Crippen molar-refractivity contribution >= 4 is 33.4 Å². The quantitative estimate of drug-likeness (QED) is 0.339. The van der Waals surface area contributed by atoms with Gasteiger partial charge in [-0.2, -0.15) is 0 Å². The van der Waals surface area contributed by atoms with Crippen LogP contribution in [0.25, 0.3) is 0 Å². The maximum absolute atomic E-state index is 12.4. The van der Waals surface area contributed by atoms with Crippen molar-refractivity contribution < 1.29 is 14.7 Å². The molecule has 0 bridgehead atoms. The molecule has 0 heterocycles. The Morgan fingerprint density at radius 1 is 1.50 bits per heavy atom. The zero-order valence-electron chi connectivity index (χ0n) is 11.0. The lowest BCUT2D eigenvalue weighted by Gasteiger charge is -2.38. The molecular formula is C13H16BrN3O3. The summed E-state index contributed by atoms with van der Waals surface area (Å²) in [4.78, 5) is 12.4. The smallest absolute Gasteiger partial charge is 0.238 e. The normalized spacial score (nSPS) is 17.2. The van der Waals surface area contributed by atoms with Crippen LogP contribution in [0.4, 0.5) is 5.69 Å². The van der Waals surface area contributed by atoms with Crippen molar-refractivity contribution in [2.24, 2.45) is 16.3 Å². The van der Waals surface area contributed by atoms with E-state index in [0.29, 0.717) is 24.3 Å². The van der Waals surface area contributed by atoms with Gasteiger partial charge < -0.3 is 21.0 Å². The maximum Gasteiger partial charge on any atom is 0.238 e. The van der Waals surface area contributed by atoms with Gasteiger partial charge in [0.1, 0.15) is 11.2 Å². The van der Waals surface area contributed by atoms with Crippen LogP contribution < -0.4 is 15.8 Å². The summed E-state index contributed by atoms with van der Waals surface area (Å²) in [6, 6.07) is 5.26. The monoisotopic (exact) mass is 341 g/mol. The van der Waals surface area contributed by atoms with Gasteiger partial charge in [0.05, 0.1) is 7.11 Å². The molecule has 2 rings (SSSR count). The van der Waals surface area contributed by atoms with Crippen LogP contribution in [-0.2, 0) is 4.79 Å². The number of nitrogens with one attached hydrogen (secondary N) is 1. The highest BCUT2D eigenvalue weighted by atomic mass is 79.9. The molecule has 7 heteroatoms. The molecule has 1 aromatic rings. The molecule has 1 fully saturated rings. The second-order valence-corrected chi connectivity index (χ2v) is 5.67. The number of anilines is 1. The number of benzene rings is 1. The molecule has 108 valence electrons. The largest absolute Gasteiger partial charge is 0.497 e. The fourth-order valence-corrected chi connectivity index (χ4v) is 2.70. The van der Waals surface area contributed by atoms with Crippen LogP contribution in [0.15, 0.2) is 27.8 Å². The Morgan fingerprint density at radius 3 is 2.70 bits per heavy atom. The van der Waals surface area contributed by atoms with Crippen molar-refractivity contribution in [2.75, 3.05) is 12.4 Å². The zero-order chi connectivity index (χ0) is 14.8. The minimum Gasteiger partial charge on any atom is -0.497 e. The third kappa shape index (κ3) is 2.58. The molecule has 0 saturated heterocycles. The van der Waals surface area contributed by atoms with Gasteiger partial charge in [-0.15, -0.1) is 0 Å². The third-order valence-electron chi connectivity index (χ3n) is 3.60. The van der Waals surface area contributed by atoms with E-state index in [1.165, 1.54) is 0 Å². The number of amidine groups is 1. The fourth-order valence-electron chi connectivity index (χ4n) is 2.23. The number of nitrogens with zero attached hydrogens (tertiary/aromatic N) is 1. The fraction of sp³-hybridized carbons (Fsp3) is 0.385. The Bertz CT molecular complexity index is 556. The summed E-state index contributed by atoms with van der Waals surface area (Å²) in [6.07, 6.45) is 2.05. The van der Waals surface area contributed by atoms with Crippen molar-refractivity contribution in [1.82, 2.24) is 0 Å². The molecule has 0 atom stereocenters. The Kier molecular flexibility index (Phi) is 4.17. The first-order chi connectivity index (χ1) is 9.51. The third-order valence-corrected chi connectivity index (χ3v) is 4.06. The number of methoxy groups -OCH3 is 1. The van der Waals surface area contributed by atoms with Crippen LogP contribution in [0.2, 0.25) is 0 Å². The van der Waals surface area contributed by atoms with E-state index in [4.69, 9.17) is 15.7 Å². The zero-order valence-corrected chi connectivity index (χ0v) is 12.6. The Hall–Kier alpha value is -1.76. The molecule has 0 unspecified atom stereocenters. The van der Waals surface area contributed by atoms with Crippen LogP contribution in [0, 0.1) is 5.41 Å². The highest BCUT2D eigenvalue weighted by molar-refractivity contribution is 9.10. The molecule has 4 N–H and O–H groups in total. The van der Waals surface area contributed by atoms with E-state index in [9.17, 15) is 4.79 Å². The molecule has 0 spiro atoms. The molecule has 0 aromatic heterocycles. The summed E-state index contributed by atoms with van der Waals surface area (Å²) in [5.74, 6) is 0.323. The standard InChI is InChI=1S/C13H16BrN3O3/c1-20-10-6-8(14)5-9(7-10)16-12(18)13(3-2-4-13)11(15)17-19/h5-7,19H,2-4H2,1H3,(H2,15,17)(H,16,18). The number of halogens is 1. The van der Waals surface area contributed by atoms with Gasteiger partial charge in [0, 0.05) is 16.2 Å². The number of carbonyl (C=O) groups is 1. The lowest BCUT2D eigenvalue weighted by Crippen LogP contribution is -2.51. The molecule has 20 heavy (non-hydrogen) atoms. The lowest BCUT2D eigenvalue weighted by molar-refractivity contribution is -0.125. The summed E-state index contributed by atoms with van der Waals surface area (Å²) in [6.45, 7) is 0. The van der Waals surface area contributed by atoms with Gasteiger partial charge in [-0.05, 0) is 25.0 Å². The number of hydrogen-bond acceptors (Lipinski definition) is 4. The number of amides is 1. The predicted octanol–water partition coefficient (Wildman–Crippen LogP) is 2.31. The highest BCUT2D eigenvalue weighted by Crippen LogP contribution is 2.42. The van der Waals surface area contributed by atoms with Gasteiger partial charge in [0.25, 0.3) is 0 Å². The van der Waals surface area contributed by atoms with Crippen molar-refractivity contribution in [3.05, 3.63) is 22.7 Å². The second-order valence-electron chi connectivity index (χ2n) is 4.75. The molecule has 1 amide bonds. The minimum absolute atomic E-state index is 0.0387. The summed E-state index contributed by atoms with van der Waals surface area (Å²) in [7, 11) is 1.55. The molecule has 1 aromatic carbocycles. The molecule has 1 saturated carbocycles. The average Bonchev–Trinajstić information content (AvgIpc) is 2.36.